The molecule has 0 aliphatic heterocycles. The molecular weight excluding hydrogens is 421 g/mol. The summed E-state index contributed by atoms with van der Waals surface area (Å²) in [6.45, 7) is 2.02. The van der Waals surface area contributed by atoms with Gasteiger partial charge in [-0.05, 0) is 29.5 Å². The molecule has 0 atom stereocenters. The second-order valence-corrected chi connectivity index (χ2v) is 7.92. The Hall–Kier alpha value is -2.58. The highest BCUT2D eigenvalue weighted by Crippen LogP contribution is 2.34. The molecule has 0 saturated heterocycles. The predicted octanol–water partition coefficient (Wildman–Crippen LogP) is 6.24. The first-order valence-corrected chi connectivity index (χ1v) is 10.0. The highest BCUT2D eigenvalue weighted by Gasteiger charge is 2.33. The van der Waals surface area contributed by atoms with Crippen LogP contribution in [0, 0.1) is 0 Å². The van der Waals surface area contributed by atoms with Crippen molar-refractivity contribution in [1.82, 2.24) is 19.4 Å². The molecule has 0 amide bonds. The SMILES string of the molecule is CCSc1cc(-c2cccc(Cl)c2)cnc1-c1cn2cnc(C(F)(F)F)cc2n1. The summed E-state index contributed by atoms with van der Waals surface area (Å²) in [6.07, 6.45) is -0.0662. The molecule has 1 aromatic carbocycles. The van der Waals surface area contributed by atoms with Crippen molar-refractivity contribution in [2.75, 3.05) is 5.75 Å². The van der Waals surface area contributed by atoms with E-state index in [1.54, 1.807) is 30.2 Å². The zero-order chi connectivity index (χ0) is 20.6. The third kappa shape index (κ3) is 4.09. The molecule has 0 aliphatic carbocycles. The Labute approximate surface area is 173 Å². The number of hydrogen-bond acceptors (Lipinski definition) is 4. The number of imidazole rings is 1. The van der Waals surface area contributed by atoms with Crippen LogP contribution in [-0.2, 0) is 6.18 Å². The van der Waals surface area contributed by atoms with Gasteiger partial charge in [0.05, 0.1) is 0 Å². The summed E-state index contributed by atoms with van der Waals surface area (Å²) < 4.78 is 40.2. The average molecular weight is 435 g/mol. The van der Waals surface area contributed by atoms with Crippen molar-refractivity contribution < 1.29 is 13.2 Å². The lowest BCUT2D eigenvalue weighted by Crippen LogP contribution is -2.08. The first-order valence-electron chi connectivity index (χ1n) is 8.66. The second kappa shape index (κ2) is 7.68. The molecular formula is C20H14ClF3N4S. The lowest BCUT2D eigenvalue weighted by molar-refractivity contribution is -0.141. The van der Waals surface area contributed by atoms with E-state index >= 15 is 0 Å². The largest absolute Gasteiger partial charge is 0.433 e. The van der Waals surface area contributed by atoms with E-state index in [0.717, 1.165) is 34.2 Å². The standard InChI is InChI=1S/C20H14ClF3N4S/c1-2-29-16-7-13(12-4-3-5-14(21)6-12)9-25-19(16)15-10-28-11-26-17(20(22,23)24)8-18(28)27-15/h3-11H,2H2,1H3. The van der Waals surface area contributed by atoms with Gasteiger partial charge in [0.25, 0.3) is 0 Å². The Morgan fingerprint density at radius 1 is 1.10 bits per heavy atom. The minimum Gasteiger partial charge on any atom is -0.290 e. The Balaban J connectivity index is 1.79. The van der Waals surface area contributed by atoms with E-state index in [-0.39, 0.29) is 5.65 Å². The van der Waals surface area contributed by atoms with Crippen LogP contribution in [0.4, 0.5) is 13.2 Å². The van der Waals surface area contributed by atoms with Gasteiger partial charge in [0.2, 0.25) is 0 Å². The molecule has 3 heterocycles. The molecule has 3 aromatic heterocycles. The molecule has 9 heteroatoms. The molecule has 148 valence electrons. The average Bonchev–Trinajstić information content (AvgIpc) is 3.10. The van der Waals surface area contributed by atoms with Gasteiger partial charge in [-0.3, -0.25) is 9.38 Å². The molecule has 29 heavy (non-hydrogen) atoms. The Kier molecular flexibility index (Phi) is 5.23. The van der Waals surface area contributed by atoms with Gasteiger partial charge in [0.15, 0.2) is 0 Å². The van der Waals surface area contributed by atoms with Gasteiger partial charge < -0.3 is 0 Å². The van der Waals surface area contributed by atoms with E-state index in [1.807, 2.05) is 31.2 Å². The molecule has 4 rings (SSSR count). The lowest BCUT2D eigenvalue weighted by Gasteiger charge is -2.09. The fourth-order valence-electron chi connectivity index (χ4n) is 2.89. The summed E-state index contributed by atoms with van der Waals surface area (Å²) in [4.78, 5) is 13.3. The van der Waals surface area contributed by atoms with Crippen molar-refractivity contribution in [2.24, 2.45) is 0 Å². The number of rotatable bonds is 4. The van der Waals surface area contributed by atoms with Gasteiger partial charge in [0, 0.05) is 33.9 Å². The molecule has 4 aromatic rings. The maximum atomic E-state index is 12.9. The molecule has 0 unspecified atom stereocenters. The van der Waals surface area contributed by atoms with Crippen molar-refractivity contribution in [1.29, 1.82) is 0 Å². The number of aromatic nitrogens is 4. The van der Waals surface area contributed by atoms with E-state index in [0.29, 0.717) is 16.4 Å². The number of nitrogens with zero attached hydrogens (tertiary/aromatic N) is 4. The Morgan fingerprint density at radius 3 is 2.66 bits per heavy atom. The second-order valence-electron chi connectivity index (χ2n) is 6.18. The van der Waals surface area contributed by atoms with E-state index in [9.17, 15) is 13.2 Å². The van der Waals surface area contributed by atoms with Crippen LogP contribution in [0.25, 0.3) is 28.2 Å². The number of fused-ring (bicyclic) bond motifs is 1. The van der Waals surface area contributed by atoms with Gasteiger partial charge >= 0.3 is 6.18 Å². The summed E-state index contributed by atoms with van der Waals surface area (Å²) >= 11 is 7.68. The number of thioether (sulfide) groups is 1. The Morgan fingerprint density at radius 2 is 1.93 bits per heavy atom. The summed E-state index contributed by atoms with van der Waals surface area (Å²) in [5.41, 5.74) is 2.12. The van der Waals surface area contributed by atoms with Gasteiger partial charge in [-0.2, -0.15) is 13.2 Å². The predicted molar refractivity (Wildman–Crippen MR) is 108 cm³/mol. The summed E-state index contributed by atoms with van der Waals surface area (Å²) in [6, 6.07) is 10.4. The number of alkyl halides is 3. The fraction of sp³-hybridized carbons (Fsp3) is 0.150. The monoisotopic (exact) mass is 434 g/mol. The highest BCUT2D eigenvalue weighted by atomic mass is 35.5. The number of hydrogen-bond donors (Lipinski definition) is 0. The first-order chi connectivity index (χ1) is 13.8. The molecule has 0 spiro atoms. The van der Waals surface area contributed by atoms with Crippen molar-refractivity contribution in [3.63, 3.8) is 0 Å². The highest BCUT2D eigenvalue weighted by molar-refractivity contribution is 7.99. The number of pyridine rings is 1. The molecule has 4 nitrogen and oxygen atoms in total. The molecule has 0 saturated carbocycles. The lowest BCUT2D eigenvalue weighted by atomic mass is 10.1. The van der Waals surface area contributed by atoms with Crippen LogP contribution in [0.2, 0.25) is 5.02 Å². The topological polar surface area (TPSA) is 43.1 Å². The van der Waals surface area contributed by atoms with Crippen molar-refractivity contribution >= 4 is 29.0 Å². The zero-order valence-corrected chi connectivity index (χ0v) is 16.7. The number of benzene rings is 1. The van der Waals surface area contributed by atoms with Gasteiger partial charge in [-0.15, -0.1) is 11.8 Å². The fourth-order valence-corrected chi connectivity index (χ4v) is 3.89. The van der Waals surface area contributed by atoms with Crippen molar-refractivity contribution in [3.8, 4) is 22.5 Å². The maximum absolute atomic E-state index is 12.9. The van der Waals surface area contributed by atoms with E-state index < -0.39 is 11.9 Å². The van der Waals surface area contributed by atoms with Gasteiger partial charge in [-0.1, -0.05) is 30.7 Å². The molecule has 0 aliphatic rings. The minimum atomic E-state index is -4.52. The van der Waals surface area contributed by atoms with Crippen molar-refractivity contribution in [2.45, 2.75) is 18.0 Å². The zero-order valence-electron chi connectivity index (χ0n) is 15.1. The summed E-state index contributed by atoms with van der Waals surface area (Å²) in [7, 11) is 0. The van der Waals surface area contributed by atoms with E-state index in [4.69, 9.17) is 11.6 Å². The first kappa shape index (κ1) is 19.7. The third-order valence-corrected chi connectivity index (χ3v) is 5.34. The van der Waals surface area contributed by atoms with Gasteiger partial charge in [-0.25, -0.2) is 9.97 Å². The van der Waals surface area contributed by atoms with Crippen LogP contribution >= 0.6 is 23.4 Å². The smallest absolute Gasteiger partial charge is 0.290 e. The van der Waals surface area contributed by atoms with Crippen LogP contribution in [0.5, 0.6) is 0 Å². The summed E-state index contributed by atoms with van der Waals surface area (Å²) in [5, 5.41) is 0.629. The summed E-state index contributed by atoms with van der Waals surface area (Å²) in [5.74, 6) is 0.806. The maximum Gasteiger partial charge on any atom is 0.433 e. The molecule has 0 fully saturated rings. The Bertz CT molecular complexity index is 1190. The molecule has 0 radical (unpaired) electrons. The van der Waals surface area contributed by atoms with E-state index in [1.165, 1.54) is 4.40 Å². The molecule has 0 bridgehead atoms. The van der Waals surface area contributed by atoms with Crippen LogP contribution in [0.1, 0.15) is 12.6 Å². The van der Waals surface area contributed by atoms with Crippen molar-refractivity contribution in [3.05, 3.63) is 65.8 Å². The minimum absolute atomic E-state index is 0.162. The van der Waals surface area contributed by atoms with Crippen LogP contribution in [0.3, 0.4) is 0 Å². The molecule has 0 N–H and O–H groups in total. The quantitative estimate of drug-likeness (QED) is 0.356. The van der Waals surface area contributed by atoms with E-state index in [2.05, 4.69) is 15.0 Å². The van der Waals surface area contributed by atoms with Crippen LogP contribution < -0.4 is 0 Å². The van der Waals surface area contributed by atoms with Gasteiger partial charge in [0.1, 0.15) is 29.1 Å². The normalized spacial score (nSPS) is 11.9. The van der Waals surface area contributed by atoms with Crippen LogP contribution in [0.15, 0.2) is 60.0 Å². The van der Waals surface area contributed by atoms with Crippen LogP contribution in [-0.4, -0.2) is 25.1 Å². The number of halogens is 4. The third-order valence-electron chi connectivity index (χ3n) is 4.19.